The molecular weight excluding hydrogens is 246 g/mol. The second-order valence-electron chi connectivity index (χ2n) is 5.98. The lowest BCUT2D eigenvalue weighted by atomic mass is 9.98. The molecule has 3 nitrogen and oxygen atoms in total. The smallest absolute Gasteiger partial charge is 0.0929 e. The number of hydrogen-bond donors (Lipinski definition) is 1. The Balaban J connectivity index is 2.03. The van der Waals surface area contributed by atoms with Crippen LogP contribution in [0.2, 0.25) is 0 Å². The topological polar surface area (TPSA) is 29.9 Å². The third-order valence-electron chi connectivity index (χ3n) is 4.45. The predicted molar refractivity (Wildman–Crippen MR) is 82.8 cm³/mol. The first kappa shape index (κ1) is 13.4. The van der Waals surface area contributed by atoms with E-state index in [0.29, 0.717) is 6.04 Å². The highest BCUT2D eigenvalue weighted by atomic mass is 15.3. The Morgan fingerprint density at radius 2 is 1.85 bits per heavy atom. The van der Waals surface area contributed by atoms with Gasteiger partial charge in [0.15, 0.2) is 0 Å². The molecule has 2 heterocycles. The summed E-state index contributed by atoms with van der Waals surface area (Å²) in [4.78, 5) is 0. The average Bonchev–Trinajstić information content (AvgIpc) is 3.02. The van der Waals surface area contributed by atoms with Crippen molar-refractivity contribution in [2.75, 3.05) is 6.54 Å². The molecule has 0 aliphatic carbocycles. The van der Waals surface area contributed by atoms with E-state index in [1.165, 1.54) is 40.8 Å². The minimum absolute atomic E-state index is 0.466. The van der Waals surface area contributed by atoms with Crippen molar-refractivity contribution in [2.45, 2.75) is 39.7 Å². The van der Waals surface area contributed by atoms with Crippen LogP contribution in [0.5, 0.6) is 0 Å². The summed E-state index contributed by atoms with van der Waals surface area (Å²) in [5, 5.41) is 8.29. The van der Waals surface area contributed by atoms with E-state index >= 15 is 0 Å². The Hall–Kier alpha value is -1.61. The van der Waals surface area contributed by atoms with Crippen LogP contribution in [0.1, 0.15) is 41.3 Å². The molecule has 1 N–H and O–H groups in total. The van der Waals surface area contributed by atoms with Crippen molar-refractivity contribution in [3.63, 3.8) is 0 Å². The van der Waals surface area contributed by atoms with Gasteiger partial charge in [0, 0.05) is 18.7 Å². The molecule has 3 rings (SSSR count). The van der Waals surface area contributed by atoms with Crippen LogP contribution in [0.4, 0.5) is 0 Å². The van der Waals surface area contributed by atoms with Crippen LogP contribution in [0.25, 0.3) is 11.3 Å². The van der Waals surface area contributed by atoms with Crippen molar-refractivity contribution in [3.8, 4) is 11.3 Å². The van der Waals surface area contributed by atoms with Crippen molar-refractivity contribution in [2.24, 2.45) is 7.05 Å². The molecule has 3 heteroatoms. The zero-order valence-electron chi connectivity index (χ0n) is 12.8. The highest BCUT2D eigenvalue weighted by Gasteiger charge is 2.21. The lowest BCUT2D eigenvalue weighted by molar-refractivity contribution is 0.574. The molecule has 1 saturated heterocycles. The second-order valence-corrected chi connectivity index (χ2v) is 5.98. The van der Waals surface area contributed by atoms with E-state index in [2.05, 4.69) is 51.3 Å². The summed E-state index contributed by atoms with van der Waals surface area (Å²) in [7, 11) is 2.05. The molecule has 106 valence electrons. The molecule has 20 heavy (non-hydrogen) atoms. The largest absolute Gasteiger partial charge is 0.309 e. The molecule has 0 spiro atoms. The Morgan fingerprint density at radius 1 is 1.10 bits per heavy atom. The van der Waals surface area contributed by atoms with E-state index in [9.17, 15) is 0 Å². The summed E-state index contributed by atoms with van der Waals surface area (Å²) in [6.07, 6.45) is 2.47. The fourth-order valence-corrected chi connectivity index (χ4v) is 3.11. The van der Waals surface area contributed by atoms with Crippen molar-refractivity contribution < 1.29 is 0 Å². The number of rotatable bonds is 2. The summed E-state index contributed by atoms with van der Waals surface area (Å²) < 4.78 is 2.03. The van der Waals surface area contributed by atoms with Gasteiger partial charge in [-0.25, -0.2) is 0 Å². The summed E-state index contributed by atoms with van der Waals surface area (Å²) in [6, 6.07) is 7.24. The molecule has 1 aliphatic rings. The van der Waals surface area contributed by atoms with Crippen molar-refractivity contribution in [1.29, 1.82) is 0 Å². The molecule has 1 aromatic carbocycles. The van der Waals surface area contributed by atoms with Crippen LogP contribution in [-0.2, 0) is 7.05 Å². The van der Waals surface area contributed by atoms with Crippen LogP contribution in [-0.4, -0.2) is 16.3 Å². The van der Waals surface area contributed by atoms with Crippen LogP contribution in [0.3, 0.4) is 0 Å². The molecule has 1 aliphatic heterocycles. The summed E-state index contributed by atoms with van der Waals surface area (Å²) in [5.74, 6) is 0. The van der Waals surface area contributed by atoms with Crippen LogP contribution in [0.15, 0.2) is 18.2 Å². The second kappa shape index (κ2) is 5.06. The van der Waals surface area contributed by atoms with Gasteiger partial charge in [0.05, 0.1) is 11.4 Å². The zero-order chi connectivity index (χ0) is 14.3. The average molecular weight is 269 g/mol. The van der Waals surface area contributed by atoms with E-state index in [4.69, 9.17) is 5.10 Å². The Kier molecular flexibility index (Phi) is 3.38. The monoisotopic (exact) mass is 269 g/mol. The van der Waals surface area contributed by atoms with Crippen LogP contribution >= 0.6 is 0 Å². The van der Waals surface area contributed by atoms with Crippen molar-refractivity contribution in [3.05, 3.63) is 40.6 Å². The van der Waals surface area contributed by atoms with Gasteiger partial charge in [0.1, 0.15) is 0 Å². The summed E-state index contributed by atoms with van der Waals surface area (Å²) in [5.41, 5.74) is 7.63. The first-order valence-corrected chi connectivity index (χ1v) is 7.42. The molecule has 1 unspecified atom stereocenters. The Morgan fingerprint density at radius 3 is 2.55 bits per heavy atom. The summed E-state index contributed by atoms with van der Waals surface area (Å²) >= 11 is 0. The molecular formula is C17H23N3. The molecule has 1 atom stereocenters. The van der Waals surface area contributed by atoms with E-state index in [1.54, 1.807) is 0 Å². The van der Waals surface area contributed by atoms with E-state index in [0.717, 1.165) is 12.2 Å². The maximum atomic E-state index is 4.73. The molecule has 0 radical (unpaired) electrons. The van der Waals surface area contributed by atoms with E-state index < -0.39 is 0 Å². The number of aromatic nitrogens is 2. The molecule has 2 aromatic rings. The van der Waals surface area contributed by atoms with E-state index in [1.807, 2.05) is 4.68 Å². The van der Waals surface area contributed by atoms with Crippen LogP contribution < -0.4 is 5.32 Å². The quantitative estimate of drug-likeness (QED) is 0.905. The first-order chi connectivity index (χ1) is 9.56. The van der Waals surface area contributed by atoms with Gasteiger partial charge in [-0.3, -0.25) is 4.68 Å². The fraction of sp³-hybridized carbons (Fsp3) is 0.471. The van der Waals surface area contributed by atoms with Crippen molar-refractivity contribution in [1.82, 2.24) is 15.1 Å². The Bertz CT molecular complexity index is 634. The van der Waals surface area contributed by atoms with Gasteiger partial charge in [-0.2, -0.15) is 5.10 Å². The third kappa shape index (κ3) is 2.27. The Labute approximate surface area is 121 Å². The van der Waals surface area contributed by atoms with Gasteiger partial charge in [-0.1, -0.05) is 6.07 Å². The molecule has 0 amide bonds. The minimum Gasteiger partial charge on any atom is -0.309 e. The first-order valence-electron chi connectivity index (χ1n) is 7.42. The maximum Gasteiger partial charge on any atom is 0.0929 e. The maximum absolute atomic E-state index is 4.73. The highest BCUT2D eigenvalue weighted by Crippen LogP contribution is 2.29. The van der Waals surface area contributed by atoms with Gasteiger partial charge in [0.2, 0.25) is 0 Å². The minimum atomic E-state index is 0.466. The lowest BCUT2D eigenvalue weighted by Crippen LogP contribution is -2.16. The van der Waals surface area contributed by atoms with Gasteiger partial charge in [-0.15, -0.1) is 0 Å². The third-order valence-corrected chi connectivity index (χ3v) is 4.45. The van der Waals surface area contributed by atoms with Gasteiger partial charge >= 0.3 is 0 Å². The lowest BCUT2D eigenvalue weighted by Gasteiger charge is -2.09. The normalized spacial score (nSPS) is 18.7. The molecule has 1 fully saturated rings. The zero-order valence-corrected chi connectivity index (χ0v) is 12.8. The molecule has 1 aromatic heterocycles. The highest BCUT2D eigenvalue weighted by molar-refractivity contribution is 5.65. The van der Waals surface area contributed by atoms with Gasteiger partial charge < -0.3 is 5.32 Å². The number of benzene rings is 1. The van der Waals surface area contributed by atoms with E-state index in [-0.39, 0.29) is 0 Å². The van der Waals surface area contributed by atoms with Crippen LogP contribution in [0, 0.1) is 20.8 Å². The molecule has 0 saturated carbocycles. The standard InChI is InChI=1S/C17H23N3/c1-11-8-13(3)14(9-12(11)2)16-10-17(20(4)19-16)15-6-5-7-18-15/h8-10,15,18H,5-7H2,1-4H3. The van der Waals surface area contributed by atoms with Crippen molar-refractivity contribution >= 4 is 0 Å². The SMILES string of the molecule is Cc1cc(C)c(-c2cc(C3CCCN3)n(C)n2)cc1C. The molecule has 0 bridgehead atoms. The fourth-order valence-electron chi connectivity index (χ4n) is 3.11. The van der Waals surface area contributed by atoms with Gasteiger partial charge in [0.25, 0.3) is 0 Å². The van der Waals surface area contributed by atoms with Gasteiger partial charge in [-0.05, 0) is 69.0 Å². The summed E-state index contributed by atoms with van der Waals surface area (Å²) in [6.45, 7) is 7.62. The number of nitrogens with one attached hydrogen (secondary N) is 1. The number of nitrogens with zero attached hydrogens (tertiary/aromatic N) is 2. The predicted octanol–water partition coefficient (Wildman–Crippen LogP) is 3.44. The number of aryl methyl sites for hydroxylation is 4. The number of hydrogen-bond acceptors (Lipinski definition) is 2.